The van der Waals surface area contributed by atoms with Gasteiger partial charge in [-0.1, -0.05) is 0 Å². The van der Waals surface area contributed by atoms with Gasteiger partial charge in [-0.25, -0.2) is 0 Å². The van der Waals surface area contributed by atoms with Crippen molar-refractivity contribution in [2.75, 3.05) is 27.2 Å². The average Bonchev–Trinajstić information content (AvgIpc) is 2.67. The van der Waals surface area contributed by atoms with Crippen LogP contribution in [0.25, 0.3) is 0 Å². The maximum absolute atomic E-state index is 11.9. The minimum absolute atomic E-state index is 0.0549. The fourth-order valence-electron chi connectivity index (χ4n) is 2.65. The third-order valence-electron chi connectivity index (χ3n) is 4.20. The Morgan fingerprint density at radius 1 is 1.44 bits per heavy atom. The summed E-state index contributed by atoms with van der Waals surface area (Å²) in [5.74, 6) is 0.186. The van der Waals surface area contributed by atoms with Crippen molar-refractivity contribution in [3.8, 4) is 0 Å². The Hall–Kier alpha value is -0.610. The van der Waals surface area contributed by atoms with Gasteiger partial charge in [0.05, 0.1) is 6.04 Å². The molecule has 16 heavy (non-hydrogen) atoms. The Kier molecular flexibility index (Phi) is 3.50. The molecular weight excluding hydrogens is 202 g/mol. The molecule has 1 saturated heterocycles. The third-order valence-corrected chi connectivity index (χ3v) is 4.20. The molecule has 0 aromatic carbocycles. The van der Waals surface area contributed by atoms with Gasteiger partial charge in [0.1, 0.15) is 0 Å². The molecule has 1 amide bonds. The van der Waals surface area contributed by atoms with Crippen LogP contribution in [0, 0.1) is 0 Å². The van der Waals surface area contributed by atoms with Crippen molar-refractivity contribution in [3.05, 3.63) is 0 Å². The Labute approximate surface area is 97.8 Å². The van der Waals surface area contributed by atoms with Crippen molar-refractivity contribution in [1.29, 1.82) is 0 Å². The number of rotatable bonds is 4. The molecule has 4 heteroatoms. The van der Waals surface area contributed by atoms with Crippen molar-refractivity contribution in [3.63, 3.8) is 0 Å². The van der Waals surface area contributed by atoms with E-state index >= 15 is 0 Å². The van der Waals surface area contributed by atoms with Crippen LogP contribution in [0.3, 0.4) is 0 Å². The van der Waals surface area contributed by atoms with E-state index in [9.17, 15) is 4.79 Å². The molecule has 2 N–H and O–H groups in total. The van der Waals surface area contributed by atoms with Gasteiger partial charge in [-0.15, -0.1) is 0 Å². The normalized spacial score (nSPS) is 27.8. The van der Waals surface area contributed by atoms with Gasteiger partial charge >= 0.3 is 0 Å². The van der Waals surface area contributed by atoms with E-state index in [4.69, 9.17) is 0 Å². The molecule has 0 aromatic heterocycles. The lowest BCUT2D eigenvalue weighted by Crippen LogP contribution is -2.58. The van der Waals surface area contributed by atoms with Gasteiger partial charge in [-0.05, 0) is 52.7 Å². The summed E-state index contributed by atoms with van der Waals surface area (Å²) in [6.45, 7) is 1.79. The highest BCUT2D eigenvalue weighted by Gasteiger charge is 2.39. The van der Waals surface area contributed by atoms with Gasteiger partial charge in [0.2, 0.25) is 5.91 Å². The van der Waals surface area contributed by atoms with E-state index in [2.05, 4.69) is 29.6 Å². The fourth-order valence-corrected chi connectivity index (χ4v) is 2.65. The molecule has 0 unspecified atom stereocenters. The van der Waals surface area contributed by atoms with Crippen molar-refractivity contribution < 1.29 is 4.79 Å². The van der Waals surface area contributed by atoms with E-state index in [1.807, 2.05) is 0 Å². The zero-order valence-electron chi connectivity index (χ0n) is 10.4. The van der Waals surface area contributed by atoms with Crippen LogP contribution in [0.1, 0.15) is 32.1 Å². The highest BCUT2D eigenvalue weighted by atomic mass is 16.2. The first-order valence-corrected chi connectivity index (χ1v) is 6.33. The summed E-state index contributed by atoms with van der Waals surface area (Å²) in [5, 5.41) is 6.34. The number of likely N-dealkylation sites (N-methyl/N-ethyl adjacent to an activating group) is 1. The standard InChI is InChI=1S/C12H23N3O/c1-15(2)12(6-4-7-12)9-14-11(16)10-5-3-8-13-10/h10,13H,3-9H2,1-2H3,(H,14,16)/t10-/m0/s1. The molecule has 1 heterocycles. The minimum Gasteiger partial charge on any atom is -0.353 e. The van der Waals surface area contributed by atoms with Gasteiger partial charge in [0.15, 0.2) is 0 Å². The Morgan fingerprint density at radius 3 is 2.62 bits per heavy atom. The van der Waals surface area contributed by atoms with Gasteiger partial charge in [0.25, 0.3) is 0 Å². The van der Waals surface area contributed by atoms with Crippen molar-refractivity contribution in [2.45, 2.75) is 43.7 Å². The number of nitrogens with zero attached hydrogens (tertiary/aromatic N) is 1. The molecule has 0 aromatic rings. The highest BCUT2D eigenvalue weighted by molar-refractivity contribution is 5.82. The van der Waals surface area contributed by atoms with Gasteiger partial charge in [-0.3, -0.25) is 4.79 Å². The third kappa shape index (κ3) is 2.23. The second kappa shape index (κ2) is 4.72. The van der Waals surface area contributed by atoms with E-state index in [-0.39, 0.29) is 17.5 Å². The molecule has 1 aliphatic heterocycles. The molecule has 2 rings (SSSR count). The quantitative estimate of drug-likeness (QED) is 0.725. The summed E-state index contributed by atoms with van der Waals surface area (Å²) in [5.41, 5.74) is 0.230. The topological polar surface area (TPSA) is 44.4 Å². The lowest BCUT2D eigenvalue weighted by molar-refractivity contribution is -0.123. The van der Waals surface area contributed by atoms with Crippen LogP contribution in [-0.2, 0) is 4.79 Å². The van der Waals surface area contributed by atoms with E-state index in [0.717, 1.165) is 25.9 Å². The lowest BCUT2D eigenvalue weighted by Gasteiger charge is -2.47. The fraction of sp³-hybridized carbons (Fsp3) is 0.917. The second-order valence-electron chi connectivity index (χ2n) is 5.34. The number of amides is 1. The molecule has 4 nitrogen and oxygen atoms in total. The van der Waals surface area contributed by atoms with Crippen molar-refractivity contribution in [1.82, 2.24) is 15.5 Å². The average molecular weight is 225 g/mol. The first-order chi connectivity index (χ1) is 7.64. The van der Waals surface area contributed by atoms with Crippen LogP contribution in [-0.4, -0.2) is 49.6 Å². The Bertz CT molecular complexity index is 255. The zero-order valence-corrected chi connectivity index (χ0v) is 10.4. The van der Waals surface area contributed by atoms with E-state index in [1.54, 1.807) is 0 Å². The summed E-state index contributed by atoms with van der Waals surface area (Å²) < 4.78 is 0. The van der Waals surface area contributed by atoms with Gasteiger partial charge in [0, 0.05) is 12.1 Å². The zero-order chi connectivity index (χ0) is 11.6. The Morgan fingerprint density at radius 2 is 2.19 bits per heavy atom. The monoisotopic (exact) mass is 225 g/mol. The molecule has 1 aliphatic carbocycles. The molecular formula is C12H23N3O. The second-order valence-corrected chi connectivity index (χ2v) is 5.34. The largest absolute Gasteiger partial charge is 0.353 e. The highest BCUT2D eigenvalue weighted by Crippen LogP contribution is 2.35. The first-order valence-electron chi connectivity index (χ1n) is 6.33. The predicted molar refractivity (Wildman–Crippen MR) is 64.3 cm³/mol. The molecule has 0 radical (unpaired) electrons. The number of hydrogen-bond acceptors (Lipinski definition) is 3. The smallest absolute Gasteiger partial charge is 0.237 e. The van der Waals surface area contributed by atoms with Crippen LogP contribution < -0.4 is 10.6 Å². The maximum Gasteiger partial charge on any atom is 0.237 e. The van der Waals surface area contributed by atoms with E-state index in [1.165, 1.54) is 19.3 Å². The predicted octanol–water partition coefficient (Wildman–Crippen LogP) is 0.339. The Balaban J connectivity index is 1.79. The van der Waals surface area contributed by atoms with Gasteiger partial charge < -0.3 is 15.5 Å². The first kappa shape index (κ1) is 11.9. The molecule has 0 bridgehead atoms. The summed E-state index contributed by atoms with van der Waals surface area (Å²) in [6, 6.07) is 0.0549. The van der Waals surface area contributed by atoms with E-state index in [0.29, 0.717) is 0 Å². The number of hydrogen-bond donors (Lipinski definition) is 2. The SMILES string of the molecule is CN(C)C1(CNC(=O)[C@@H]2CCCN2)CCC1. The van der Waals surface area contributed by atoms with Crippen LogP contribution >= 0.6 is 0 Å². The van der Waals surface area contributed by atoms with Crippen LogP contribution in [0.5, 0.6) is 0 Å². The molecule has 92 valence electrons. The number of nitrogens with one attached hydrogen (secondary N) is 2. The molecule has 0 spiro atoms. The van der Waals surface area contributed by atoms with Crippen molar-refractivity contribution in [2.24, 2.45) is 0 Å². The van der Waals surface area contributed by atoms with Crippen LogP contribution in [0.4, 0.5) is 0 Å². The minimum atomic E-state index is 0.0549. The van der Waals surface area contributed by atoms with Gasteiger partial charge in [-0.2, -0.15) is 0 Å². The lowest BCUT2D eigenvalue weighted by atomic mass is 9.75. The summed E-state index contributed by atoms with van der Waals surface area (Å²) >= 11 is 0. The summed E-state index contributed by atoms with van der Waals surface area (Å²) in [4.78, 5) is 14.1. The maximum atomic E-state index is 11.9. The van der Waals surface area contributed by atoms with Crippen LogP contribution in [0.15, 0.2) is 0 Å². The van der Waals surface area contributed by atoms with Crippen molar-refractivity contribution >= 4 is 5.91 Å². The van der Waals surface area contributed by atoms with Crippen LogP contribution in [0.2, 0.25) is 0 Å². The molecule has 1 atom stereocenters. The summed E-state index contributed by atoms with van der Waals surface area (Å²) in [7, 11) is 4.22. The molecule has 2 aliphatic rings. The molecule has 1 saturated carbocycles. The van der Waals surface area contributed by atoms with E-state index < -0.39 is 0 Å². The number of carbonyl (C=O) groups excluding carboxylic acids is 1. The number of carbonyl (C=O) groups is 1. The summed E-state index contributed by atoms with van der Waals surface area (Å²) in [6.07, 6.45) is 5.81. The molecule has 2 fully saturated rings.